The molecule has 5 heteroatoms. The summed E-state index contributed by atoms with van der Waals surface area (Å²) in [7, 11) is 3.40. The maximum absolute atomic E-state index is 12.0. The van der Waals surface area contributed by atoms with Crippen LogP contribution in [0.4, 0.5) is 0 Å². The second-order valence-electron chi connectivity index (χ2n) is 4.52. The predicted molar refractivity (Wildman–Crippen MR) is 70.8 cm³/mol. The van der Waals surface area contributed by atoms with E-state index < -0.39 is 0 Å². The van der Waals surface area contributed by atoms with E-state index in [1.807, 2.05) is 25.2 Å². The Morgan fingerprint density at radius 3 is 2.78 bits per heavy atom. The van der Waals surface area contributed by atoms with E-state index in [2.05, 4.69) is 5.32 Å². The number of halogens is 1. The Labute approximate surface area is 112 Å². The summed E-state index contributed by atoms with van der Waals surface area (Å²) in [4.78, 5) is 13.7. The quantitative estimate of drug-likeness (QED) is 0.900. The molecule has 1 saturated heterocycles. The molecule has 98 valence electrons. The summed E-state index contributed by atoms with van der Waals surface area (Å²) in [6, 6.07) is 5.58. The van der Waals surface area contributed by atoms with Crippen molar-refractivity contribution in [3.05, 3.63) is 28.8 Å². The molecule has 0 saturated carbocycles. The van der Waals surface area contributed by atoms with Gasteiger partial charge in [-0.15, -0.1) is 0 Å². The van der Waals surface area contributed by atoms with Gasteiger partial charge in [-0.05, 0) is 17.7 Å². The average molecular weight is 269 g/mol. The smallest absolute Gasteiger partial charge is 0.228 e. The molecule has 1 aromatic rings. The second-order valence-corrected chi connectivity index (χ2v) is 4.93. The summed E-state index contributed by atoms with van der Waals surface area (Å²) in [6.07, 6.45) is 0. The molecule has 2 rings (SSSR count). The van der Waals surface area contributed by atoms with E-state index in [0.717, 1.165) is 18.7 Å². The molecule has 0 atom stereocenters. The van der Waals surface area contributed by atoms with Crippen molar-refractivity contribution >= 4 is 17.5 Å². The van der Waals surface area contributed by atoms with Gasteiger partial charge in [-0.1, -0.05) is 17.7 Å². The Bertz CT molecular complexity index is 447. The first kappa shape index (κ1) is 13.2. The minimum absolute atomic E-state index is 0.128. The van der Waals surface area contributed by atoms with Crippen LogP contribution >= 0.6 is 11.6 Å². The number of amides is 1. The third-order valence-corrected chi connectivity index (χ3v) is 3.44. The van der Waals surface area contributed by atoms with Gasteiger partial charge in [-0.3, -0.25) is 4.79 Å². The number of benzene rings is 1. The first-order chi connectivity index (χ1) is 8.61. The van der Waals surface area contributed by atoms with Crippen LogP contribution in [0.15, 0.2) is 18.2 Å². The van der Waals surface area contributed by atoms with Crippen LogP contribution in [0.1, 0.15) is 5.56 Å². The number of nitrogens with zero attached hydrogens (tertiary/aromatic N) is 1. The van der Waals surface area contributed by atoms with E-state index in [1.54, 1.807) is 12.0 Å². The highest BCUT2D eigenvalue weighted by Gasteiger charge is 2.27. The molecule has 0 bridgehead atoms. The first-order valence-corrected chi connectivity index (χ1v) is 6.27. The van der Waals surface area contributed by atoms with Gasteiger partial charge in [-0.25, -0.2) is 0 Å². The highest BCUT2D eigenvalue weighted by molar-refractivity contribution is 6.32. The summed E-state index contributed by atoms with van der Waals surface area (Å²) in [5.74, 6) is 0.960. The molecular formula is C13H17ClN2O2. The van der Waals surface area contributed by atoms with Gasteiger partial charge in [0, 0.05) is 26.7 Å². The van der Waals surface area contributed by atoms with Gasteiger partial charge in [0.25, 0.3) is 0 Å². The number of nitrogens with one attached hydrogen (secondary N) is 1. The van der Waals surface area contributed by atoms with E-state index in [4.69, 9.17) is 16.3 Å². The lowest BCUT2D eigenvalue weighted by molar-refractivity contribution is -0.136. The monoisotopic (exact) mass is 268 g/mol. The van der Waals surface area contributed by atoms with Gasteiger partial charge < -0.3 is 15.0 Å². The molecule has 1 aliphatic heterocycles. The minimum Gasteiger partial charge on any atom is -0.495 e. The third-order valence-electron chi connectivity index (χ3n) is 3.14. The fraction of sp³-hybridized carbons (Fsp3) is 0.462. The van der Waals surface area contributed by atoms with Crippen molar-refractivity contribution in [2.24, 2.45) is 5.92 Å². The Morgan fingerprint density at radius 2 is 2.28 bits per heavy atom. The Kier molecular flexibility index (Phi) is 4.09. The lowest BCUT2D eigenvalue weighted by atomic mass is 10.0. The van der Waals surface area contributed by atoms with Gasteiger partial charge in [0.2, 0.25) is 5.91 Å². The zero-order valence-corrected chi connectivity index (χ0v) is 11.3. The van der Waals surface area contributed by atoms with Crippen LogP contribution in [0, 0.1) is 5.92 Å². The number of methoxy groups -OCH3 is 1. The van der Waals surface area contributed by atoms with E-state index in [1.165, 1.54) is 0 Å². The highest BCUT2D eigenvalue weighted by atomic mass is 35.5. The fourth-order valence-corrected chi connectivity index (χ4v) is 2.22. The van der Waals surface area contributed by atoms with Crippen molar-refractivity contribution < 1.29 is 9.53 Å². The molecule has 0 aromatic heterocycles. The summed E-state index contributed by atoms with van der Waals surface area (Å²) in [6.45, 7) is 2.14. The van der Waals surface area contributed by atoms with Crippen molar-refractivity contribution in [1.82, 2.24) is 10.2 Å². The van der Waals surface area contributed by atoms with E-state index in [9.17, 15) is 4.79 Å². The highest BCUT2D eigenvalue weighted by Crippen LogP contribution is 2.25. The van der Waals surface area contributed by atoms with E-state index in [0.29, 0.717) is 17.3 Å². The number of rotatable bonds is 4. The molecule has 0 aliphatic carbocycles. The third kappa shape index (κ3) is 2.76. The first-order valence-electron chi connectivity index (χ1n) is 5.90. The van der Waals surface area contributed by atoms with Crippen LogP contribution in [-0.2, 0) is 11.3 Å². The standard InChI is InChI=1S/C13H17ClN2O2/c1-16(13(17)10-6-15-7-10)8-9-3-4-12(18-2)11(14)5-9/h3-5,10,15H,6-8H2,1-2H3. The van der Waals surface area contributed by atoms with Crippen molar-refractivity contribution in [3.63, 3.8) is 0 Å². The molecular weight excluding hydrogens is 252 g/mol. The van der Waals surface area contributed by atoms with Gasteiger partial charge in [0.1, 0.15) is 5.75 Å². The van der Waals surface area contributed by atoms with Crippen LogP contribution in [0.3, 0.4) is 0 Å². The molecule has 1 aliphatic rings. The van der Waals surface area contributed by atoms with Crippen molar-refractivity contribution in [2.45, 2.75) is 6.54 Å². The molecule has 1 heterocycles. The zero-order chi connectivity index (χ0) is 13.1. The van der Waals surface area contributed by atoms with Gasteiger partial charge >= 0.3 is 0 Å². The van der Waals surface area contributed by atoms with Crippen molar-refractivity contribution in [3.8, 4) is 5.75 Å². The molecule has 0 radical (unpaired) electrons. The van der Waals surface area contributed by atoms with Gasteiger partial charge in [0.15, 0.2) is 0 Å². The normalized spacial score (nSPS) is 15.1. The molecule has 1 fully saturated rings. The van der Waals surface area contributed by atoms with E-state index >= 15 is 0 Å². The summed E-state index contributed by atoms with van der Waals surface area (Å²) >= 11 is 6.06. The molecule has 4 nitrogen and oxygen atoms in total. The summed E-state index contributed by atoms with van der Waals surface area (Å²) in [5.41, 5.74) is 1.00. The maximum atomic E-state index is 12.0. The molecule has 1 amide bonds. The molecule has 0 spiro atoms. The predicted octanol–water partition coefficient (Wildman–Crippen LogP) is 1.53. The van der Waals surface area contributed by atoms with Crippen molar-refractivity contribution in [2.75, 3.05) is 27.2 Å². The lowest BCUT2D eigenvalue weighted by Gasteiger charge is -2.30. The Balaban J connectivity index is 2.00. The number of hydrogen-bond acceptors (Lipinski definition) is 3. The van der Waals surface area contributed by atoms with Crippen LogP contribution in [0.5, 0.6) is 5.75 Å². The van der Waals surface area contributed by atoms with Crippen LogP contribution in [-0.4, -0.2) is 38.1 Å². The SMILES string of the molecule is COc1ccc(CN(C)C(=O)C2CNC2)cc1Cl. The minimum atomic E-state index is 0.128. The fourth-order valence-electron chi connectivity index (χ4n) is 1.93. The largest absolute Gasteiger partial charge is 0.495 e. The topological polar surface area (TPSA) is 41.6 Å². The lowest BCUT2D eigenvalue weighted by Crippen LogP contribution is -2.50. The Hall–Kier alpha value is -1.26. The number of carbonyl (C=O) groups is 1. The van der Waals surface area contributed by atoms with Gasteiger partial charge in [-0.2, -0.15) is 0 Å². The van der Waals surface area contributed by atoms with Crippen LogP contribution in [0.2, 0.25) is 5.02 Å². The van der Waals surface area contributed by atoms with E-state index in [-0.39, 0.29) is 11.8 Å². The maximum Gasteiger partial charge on any atom is 0.228 e. The summed E-state index contributed by atoms with van der Waals surface area (Å²) in [5, 5.41) is 3.67. The summed E-state index contributed by atoms with van der Waals surface area (Å²) < 4.78 is 5.10. The molecule has 1 N–H and O–H groups in total. The van der Waals surface area contributed by atoms with Gasteiger partial charge in [0.05, 0.1) is 18.1 Å². The van der Waals surface area contributed by atoms with Crippen molar-refractivity contribution in [1.29, 1.82) is 0 Å². The molecule has 18 heavy (non-hydrogen) atoms. The molecule has 0 unspecified atom stereocenters. The second kappa shape index (κ2) is 5.59. The molecule has 1 aromatic carbocycles. The average Bonchev–Trinajstić information content (AvgIpc) is 2.26. The number of ether oxygens (including phenoxy) is 1. The Morgan fingerprint density at radius 1 is 1.56 bits per heavy atom. The van der Waals surface area contributed by atoms with Crippen LogP contribution < -0.4 is 10.1 Å². The van der Waals surface area contributed by atoms with Crippen LogP contribution in [0.25, 0.3) is 0 Å². The number of hydrogen-bond donors (Lipinski definition) is 1. The zero-order valence-electron chi connectivity index (χ0n) is 10.6. The number of carbonyl (C=O) groups excluding carboxylic acids is 1.